The van der Waals surface area contributed by atoms with Crippen LogP contribution in [-0.2, 0) is 11.3 Å². The summed E-state index contributed by atoms with van der Waals surface area (Å²) in [7, 11) is 0. The van der Waals surface area contributed by atoms with Crippen LogP contribution in [0.5, 0.6) is 5.75 Å². The zero-order chi connectivity index (χ0) is 31.2. The molecule has 0 bridgehead atoms. The fraction of sp³-hybridized carbons (Fsp3) is 0.243. The van der Waals surface area contributed by atoms with Crippen molar-refractivity contribution in [2.75, 3.05) is 48.4 Å². The number of alkyl halides is 1. The number of hydrogen-bond acceptors (Lipinski definition) is 5. The van der Waals surface area contributed by atoms with Crippen LogP contribution in [-0.4, -0.2) is 60.5 Å². The molecule has 2 aliphatic rings. The van der Waals surface area contributed by atoms with Crippen LogP contribution in [0.1, 0.15) is 35.1 Å². The lowest BCUT2D eigenvalue weighted by Crippen LogP contribution is -2.49. The second-order valence-electron chi connectivity index (χ2n) is 11.4. The van der Waals surface area contributed by atoms with E-state index in [0.29, 0.717) is 18.8 Å². The maximum Gasteiger partial charge on any atom is 0.328 e. The molecule has 0 radical (unpaired) electrons. The quantitative estimate of drug-likeness (QED) is 0.160. The highest BCUT2D eigenvalue weighted by molar-refractivity contribution is 6.18. The van der Waals surface area contributed by atoms with Crippen LogP contribution >= 0.6 is 11.6 Å². The van der Waals surface area contributed by atoms with Gasteiger partial charge in [-0.15, -0.1) is 11.6 Å². The Morgan fingerprint density at radius 1 is 0.733 bits per heavy atom. The number of anilines is 2. The number of phenols is 1. The third-order valence-corrected chi connectivity index (χ3v) is 8.69. The van der Waals surface area contributed by atoms with E-state index in [9.17, 15) is 14.7 Å². The number of benzene rings is 4. The van der Waals surface area contributed by atoms with Gasteiger partial charge in [0, 0.05) is 62.9 Å². The summed E-state index contributed by atoms with van der Waals surface area (Å²) in [6.45, 7) is 4.89. The molecule has 0 aromatic heterocycles. The molecule has 7 nitrogen and oxygen atoms in total. The second-order valence-corrected chi connectivity index (χ2v) is 11.8. The molecule has 3 amide bonds. The molecule has 4 aromatic carbocycles. The number of allylic oxidation sites excluding steroid dienone is 1. The summed E-state index contributed by atoms with van der Waals surface area (Å²) in [5.74, 6) is 0.524. The Labute approximate surface area is 269 Å². The van der Waals surface area contributed by atoms with E-state index >= 15 is 0 Å². The van der Waals surface area contributed by atoms with E-state index in [2.05, 4.69) is 57.6 Å². The number of phenolic OH excluding ortho intramolecular Hbond substituents is 1. The highest BCUT2D eigenvalue weighted by Gasteiger charge is 2.25. The highest BCUT2D eigenvalue weighted by atomic mass is 35.5. The lowest BCUT2D eigenvalue weighted by molar-refractivity contribution is -0.120. The minimum atomic E-state index is -0.357. The van der Waals surface area contributed by atoms with Gasteiger partial charge in [0.05, 0.1) is 0 Å². The Bertz CT molecular complexity index is 1660. The van der Waals surface area contributed by atoms with Crippen LogP contribution in [0.2, 0.25) is 0 Å². The number of amides is 3. The number of carbonyl (C=O) groups is 2. The van der Waals surface area contributed by atoms with Crippen LogP contribution < -0.4 is 15.1 Å². The van der Waals surface area contributed by atoms with Crippen molar-refractivity contribution in [3.63, 3.8) is 0 Å². The van der Waals surface area contributed by atoms with E-state index in [1.54, 1.807) is 17.0 Å². The molecule has 0 atom stereocenters. The van der Waals surface area contributed by atoms with Gasteiger partial charge in [-0.1, -0.05) is 66.7 Å². The Hall–Kier alpha value is -4.59. The molecule has 0 saturated carbocycles. The van der Waals surface area contributed by atoms with Gasteiger partial charge in [0.15, 0.2) is 0 Å². The number of hydrogen-bond donors (Lipinski definition) is 2. The lowest BCUT2D eigenvalue weighted by Gasteiger charge is -2.36. The van der Waals surface area contributed by atoms with Gasteiger partial charge in [0.25, 0.3) is 0 Å². The van der Waals surface area contributed by atoms with Gasteiger partial charge in [-0.05, 0) is 76.2 Å². The molecule has 45 heavy (non-hydrogen) atoms. The predicted octanol–water partition coefficient (Wildman–Crippen LogP) is 6.75. The SMILES string of the molecule is O=C1CCN(c2cccc(CN3CCN(c4ccc(C(=C(CCCl)c5ccccc5)c5ccc(O)cc5)cc4)CC3)c2)C(=O)N1. The van der Waals surface area contributed by atoms with Crippen LogP contribution in [0.4, 0.5) is 16.2 Å². The summed E-state index contributed by atoms with van der Waals surface area (Å²) in [6.07, 6.45) is 1.04. The zero-order valence-corrected chi connectivity index (χ0v) is 25.9. The molecule has 2 saturated heterocycles. The molecule has 2 N–H and O–H groups in total. The first-order valence-corrected chi connectivity index (χ1v) is 15.9. The molecule has 0 aliphatic carbocycles. The van der Waals surface area contributed by atoms with E-state index in [1.807, 2.05) is 48.5 Å². The standard InChI is InChI=1S/C37H37ClN4O3/c38-19-17-34(28-6-2-1-3-7-28)36(30-11-15-33(43)16-12-30)29-9-13-31(14-10-29)41-23-21-40(22-24-41)26-27-5-4-8-32(25-27)42-20-18-35(44)39-37(42)45/h1-16,25,43H,17-24,26H2,(H,39,44,45). The third kappa shape index (κ3) is 7.22. The molecule has 0 spiro atoms. The number of nitrogens with zero attached hydrogens (tertiary/aromatic N) is 3. The lowest BCUT2D eigenvalue weighted by atomic mass is 9.88. The Kier molecular flexibility index (Phi) is 9.48. The van der Waals surface area contributed by atoms with Crippen molar-refractivity contribution >= 4 is 46.1 Å². The van der Waals surface area contributed by atoms with Crippen molar-refractivity contribution < 1.29 is 14.7 Å². The number of piperazine rings is 1. The van der Waals surface area contributed by atoms with Gasteiger partial charge < -0.3 is 10.0 Å². The van der Waals surface area contributed by atoms with Crippen LogP contribution in [0, 0.1) is 0 Å². The molecular formula is C37H37ClN4O3. The topological polar surface area (TPSA) is 76.1 Å². The first kappa shape index (κ1) is 30.4. The molecule has 230 valence electrons. The Morgan fingerprint density at radius 3 is 2.09 bits per heavy atom. The fourth-order valence-electron chi connectivity index (χ4n) is 6.19. The first-order chi connectivity index (χ1) is 22.0. The van der Waals surface area contributed by atoms with Crippen LogP contribution in [0.3, 0.4) is 0 Å². The second kappa shape index (κ2) is 14.0. The monoisotopic (exact) mass is 620 g/mol. The molecular weight excluding hydrogens is 584 g/mol. The number of nitrogens with one attached hydrogen (secondary N) is 1. The van der Waals surface area contributed by atoms with Crippen molar-refractivity contribution in [2.24, 2.45) is 0 Å². The van der Waals surface area contributed by atoms with Crippen molar-refractivity contribution in [3.05, 3.63) is 125 Å². The van der Waals surface area contributed by atoms with Crippen LogP contribution in [0.15, 0.2) is 103 Å². The first-order valence-electron chi connectivity index (χ1n) is 15.4. The molecule has 2 heterocycles. The largest absolute Gasteiger partial charge is 0.508 e. The van der Waals surface area contributed by atoms with Gasteiger partial charge >= 0.3 is 6.03 Å². The van der Waals surface area contributed by atoms with Gasteiger partial charge in [-0.2, -0.15) is 0 Å². The van der Waals surface area contributed by atoms with E-state index in [4.69, 9.17) is 11.6 Å². The maximum absolute atomic E-state index is 12.3. The average molecular weight is 621 g/mol. The van der Waals surface area contributed by atoms with E-state index in [0.717, 1.165) is 72.7 Å². The summed E-state index contributed by atoms with van der Waals surface area (Å²) in [5.41, 5.74) is 8.74. The van der Waals surface area contributed by atoms with Gasteiger partial charge in [-0.25, -0.2) is 4.79 Å². The van der Waals surface area contributed by atoms with Gasteiger partial charge in [0.2, 0.25) is 5.91 Å². The number of carbonyl (C=O) groups excluding carboxylic acids is 2. The van der Waals surface area contributed by atoms with E-state index < -0.39 is 0 Å². The number of halogens is 1. The molecule has 2 fully saturated rings. The average Bonchev–Trinajstić information content (AvgIpc) is 3.06. The predicted molar refractivity (Wildman–Crippen MR) is 182 cm³/mol. The smallest absolute Gasteiger partial charge is 0.328 e. The van der Waals surface area contributed by atoms with E-state index in [-0.39, 0.29) is 17.7 Å². The minimum Gasteiger partial charge on any atom is -0.508 e. The van der Waals surface area contributed by atoms with E-state index in [1.165, 1.54) is 11.3 Å². The highest BCUT2D eigenvalue weighted by Crippen LogP contribution is 2.36. The summed E-state index contributed by atoms with van der Waals surface area (Å²) in [5, 5.41) is 12.4. The van der Waals surface area contributed by atoms with Crippen molar-refractivity contribution in [3.8, 4) is 5.75 Å². The number of aromatic hydroxyl groups is 1. The summed E-state index contributed by atoms with van der Waals surface area (Å²) >= 11 is 6.32. The summed E-state index contributed by atoms with van der Waals surface area (Å²) in [6, 6.07) is 34.2. The molecule has 6 rings (SSSR count). The Morgan fingerprint density at radius 2 is 1.42 bits per heavy atom. The minimum absolute atomic E-state index is 0.225. The maximum atomic E-state index is 12.3. The van der Waals surface area contributed by atoms with Crippen LogP contribution in [0.25, 0.3) is 11.1 Å². The number of rotatable bonds is 9. The Balaban J connectivity index is 1.16. The summed E-state index contributed by atoms with van der Waals surface area (Å²) < 4.78 is 0. The molecule has 4 aromatic rings. The molecule has 0 unspecified atom stereocenters. The van der Waals surface area contributed by atoms with Crippen molar-refractivity contribution in [2.45, 2.75) is 19.4 Å². The zero-order valence-electron chi connectivity index (χ0n) is 25.2. The molecule has 8 heteroatoms. The molecule has 2 aliphatic heterocycles. The van der Waals surface area contributed by atoms with Crippen molar-refractivity contribution in [1.82, 2.24) is 10.2 Å². The van der Waals surface area contributed by atoms with Crippen molar-refractivity contribution in [1.29, 1.82) is 0 Å². The van der Waals surface area contributed by atoms with Gasteiger partial charge in [0.1, 0.15) is 5.75 Å². The summed E-state index contributed by atoms with van der Waals surface area (Å²) in [4.78, 5) is 30.3. The number of urea groups is 1. The van der Waals surface area contributed by atoms with Gasteiger partial charge in [-0.3, -0.25) is 19.9 Å². The fourth-order valence-corrected chi connectivity index (χ4v) is 6.37. The third-order valence-electron chi connectivity index (χ3n) is 8.50. The normalized spacial score (nSPS) is 16.4. The number of imide groups is 1.